The number of nitrogens with one attached hydrogen (secondary N) is 2. The van der Waals surface area contributed by atoms with Crippen LogP contribution in [0.4, 0.5) is 5.13 Å². The van der Waals surface area contributed by atoms with Gasteiger partial charge in [0, 0.05) is 11.9 Å². The van der Waals surface area contributed by atoms with Crippen molar-refractivity contribution in [2.75, 3.05) is 25.5 Å². The Morgan fingerprint density at radius 3 is 2.86 bits per heavy atom. The van der Waals surface area contributed by atoms with Crippen molar-refractivity contribution >= 4 is 16.5 Å². The average Bonchev–Trinajstić information content (AvgIpc) is 2.63. The molecule has 3 nitrogen and oxygen atoms in total. The lowest BCUT2D eigenvalue weighted by Gasteiger charge is -2.10. The molecule has 0 aliphatic carbocycles. The molecule has 0 amide bonds. The van der Waals surface area contributed by atoms with Crippen LogP contribution in [-0.4, -0.2) is 25.1 Å². The van der Waals surface area contributed by atoms with Crippen molar-refractivity contribution in [2.24, 2.45) is 5.92 Å². The van der Waals surface area contributed by atoms with Crippen LogP contribution in [0.15, 0.2) is 5.38 Å². The van der Waals surface area contributed by atoms with Crippen molar-refractivity contribution in [1.82, 2.24) is 10.3 Å². The Bertz CT molecular complexity index is 260. The molecule has 0 aromatic carbocycles. The zero-order chi connectivity index (χ0) is 10.4. The van der Waals surface area contributed by atoms with Gasteiger partial charge in [0.1, 0.15) is 0 Å². The summed E-state index contributed by atoms with van der Waals surface area (Å²) in [6.45, 7) is 6.37. The Morgan fingerprint density at radius 1 is 1.50 bits per heavy atom. The number of nitrogens with zero attached hydrogens (tertiary/aromatic N) is 1. The second-order valence-electron chi connectivity index (χ2n) is 3.54. The lowest BCUT2D eigenvalue weighted by molar-refractivity contribution is 0.569. The van der Waals surface area contributed by atoms with E-state index in [1.54, 1.807) is 11.3 Å². The molecule has 1 heterocycles. The molecular formula is C10H19N3S. The summed E-state index contributed by atoms with van der Waals surface area (Å²) in [5, 5.41) is 9.68. The Balaban J connectivity index is 2.30. The van der Waals surface area contributed by atoms with Crippen LogP contribution >= 0.6 is 11.3 Å². The maximum absolute atomic E-state index is 4.45. The molecule has 80 valence electrons. The highest BCUT2D eigenvalue weighted by molar-refractivity contribution is 7.13. The number of aryl methyl sites for hydroxylation is 1. The largest absolute Gasteiger partial charge is 0.361 e. The zero-order valence-corrected chi connectivity index (χ0v) is 9.95. The molecule has 0 saturated carbocycles. The summed E-state index contributed by atoms with van der Waals surface area (Å²) in [6, 6.07) is 0. The van der Waals surface area contributed by atoms with Crippen molar-refractivity contribution in [3.8, 4) is 0 Å². The molecule has 0 aliphatic heterocycles. The fourth-order valence-electron chi connectivity index (χ4n) is 1.23. The highest BCUT2D eigenvalue weighted by Crippen LogP contribution is 2.15. The van der Waals surface area contributed by atoms with Crippen LogP contribution in [0.5, 0.6) is 0 Å². The topological polar surface area (TPSA) is 37.0 Å². The van der Waals surface area contributed by atoms with Crippen molar-refractivity contribution < 1.29 is 0 Å². The standard InChI is InChI=1S/C10H19N3S/c1-4-9-7-14-10(13-9)12-6-8(2)5-11-3/h7-8,11H,4-6H2,1-3H3,(H,12,13). The van der Waals surface area contributed by atoms with Crippen LogP contribution in [0.3, 0.4) is 0 Å². The van der Waals surface area contributed by atoms with Crippen LogP contribution in [0.25, 0.3) is 0 Å². The summed E-state index contributed by atoms with van der Waals surface area (Å²) < 4.78 is 0. The number of aromatic nitrogens is 1. The van der Waals surface area contributed by atoms with E-state index in [9.17, 15) is 0 Å². The van der Waals surface area contributed by atoms with Crippen molar-refractivity contribution in [3.63, 3.8) is 0 Å². The van der Waals surface area contributed by atoms with E-state index in [4.69, 9.17) is 0 Å². The molecular weight excluding hydrogens is 194 g/mol. The smallest absolute Gasteiger partial charge is 0.182 e. The second-order valence-corrected chi connectivity index (χ2v) is 4.40. The van der Waals surface area contributed by atoms with E-state index in [-0.39, 0.29) is 0 Å². The van der Waals surface area contributed by atoms with E-state index in [0.717, 1.165) is 24.6 Å². The molecule has 1 atom stereocenters. The van der Waals surface area contributed by atoms with Gasteiger partial charge in [-0.15, -0.1) is 11.3 Å². The molecule has 0 spiro atoms. The molecule has 2 N–H and O–H groups in total. The van der Waals surface area contributed by atoms with Crippen LogP contribution in [-0.2, 0) is 6.42 Å². The monoisotopic (exact) mass is 213 g/mol. The fourth-order valence-corrected chi connectivity index (χ4v) is 2.04. The van der Waals surface area contributed by atoms with Gasteiger partial charge in [-0.1, -0.05) is 13.8 Å². The van der Waals surface area contributed by atoms with Crippen molar-refractivity contribution in [1.29, 1.82) is 0 Å². The first kappa shape index (κ1) is 11.5. The SMILES string of the molecule is CCc1csc(NCC(C)CNC)n1. The summed E-state index contributed by atoms with van der Waals surface area (Å²) in [4.78, 5) is 4.45. The van der Waals surface area contributed by atoms with Gasteiger partial charge in [0.25, 0.3) is 0 Å². The number of rotatable bonds is 6. The molecule has 14 heavy (non-hydrogen) atoms. The second kappa shape index (κ2) is 5.98. The molecule has 1 unspecified atom stereocenters. The molecule has 1 aromatic rings. The van der Waals surface area contributed by atoms with Crippen LogP contribution < -0.4 is 10.6 Å². The van der Waals surface area contributed by atoms with E-state index < -0.39 is 0 Å². The third-order valence-electron chi connectivity index (χ3n) is 2.07. The van der Waals surface area contributed by atoms with Crippen LogP contribution in [0.1, 0.15) is 19.5 Å². The van der Waals surface area contributed by atoms with E-state index in [1.165, 1.54) is 5.69 Å². The van der Waals surface area contributed by atoms with E-state index in [2.05, 4.69) is 34.8 Å². The summed E-state index contributed by atoms with van der Waals surface area (Å²) in [7, 11) is 1.98. The van der Waals surface area contributed by atoms with E-state index >= 15 is 0 Å². The Kier molecular flexibility index (Phi) is 4.90. The summed E-state index contributed by atoms with van der Waals surface area (Å²) in [6.07, 6.45) is 1.02. The lowest BCUT2D eigenvalue weighted by atomic mass is 10.2. The van der Waals surface area contributed by atoms with Gasteiger partial charge in [0.05, 0.1) is 5.69 Å². The molecule has 0 saturated heterocycles. The van der Waals surface area contributed by atoms with Crippen molar-refractivity contribution in [2.45, 2.75) is 20.3 Å². The predicted molar refractivity (Wildman–Crippen MR) is 63.1 cm³/mol. The minimum atomic E-state index is 0.633. The van der Waals surface area contributed by atoms with Gasteiger partial charge < -0.3 is 10.6 Å². The first-order chi connectivity index (χ1) is 6.76. The Morgan fingerprint density at radius 2 is 2.29 bits per heavy atom. The minimum absolute atomic E-state index is 0.633. The van der Waals surface area contributed by atoms with Gasteiger partial charge in [-0.05, 0) is 25.9 Å². The van der Waals surface area contributed by atoms with Crippen LogP contribution in [0, 0.1) is 5.92 Å². The molecule has 1 rings (SSSR count). The molecule has 0 aliphatic rings. The van der Waals surface area contributed by atoms with E-state index in [1.807, 2.05) is 7.05 Å². The number of hydrogen-bond donors (Lipinski definition) is 2. The zero-order valence-electron chi connectivity index (χ0n) is 9.13. The molecule has 4 heteroatoms. The number of thiazole rings is 1. The fraction of sp³-hybridized carbons (Fsp3) is 0.700. The highest BCUT2D eigenvalue weighted by Gasteiger charge is 2.02. The highest BCUT2D eigenvalue weighted by atomic mass is 32.1. The maximum Gasteiger partial charge on any atom is 0.182 e. The third kappa shape index (κ3) is 3.64. The van der Waals surface area contributed by atoms with Gasteiger partial charge >= 0.3 is 0 Å². The first-order valence-corrected chi connectivity index (χ1v) is 5.97. The average molecular weight is 213 g/mol. The number of hydrogen-bond acceptors (Lipinski definition) is 4. The quantitative estimate of drug-likeness (QED) is 0.758. The van der Waals surface area contributed by atoms with Gasteiger partial charge in [-0.3, -0.25) is 0 Å². The molecule has 0 fully saturated rings. The lowest BCUT2D eigenvalue weighted by Crippen LogP contribution is -2.22. The number of anilines is 1. The Labute approximate surface area is 89.9 Å². The maximum atomic E-state index is 4.45. The predicted octanol–water partition coefficient (Wildman–Crippen LogP) is 1.97. The minimum Gasteiger partial charge on any atom is -0.361 e. The van der Waals surface area contributed by atoms with E-state index in [0.29, 0.717) is 5.92 Å². The van der Waals surface area contributed by atoms with Gasteiger partial charge in [-0.2, -0.15) is 0 Å². The van der Waals surface area contributed by atoms with Gasteiger partial charge in [0.2, 0.25) is 0 Å². The molecule has 0 radical (unpaired) electrons. The summed E-state index contributed by atoms with van der Waals surface area (Å²) in [5.41, 5.74) is 1.18. The molecule has 1 aromatic heterocycles. The first-order valence-electron chi connectivity index (χ1n) is 5.09. The Hall–Kier alpha value is -0.610. The molecule has 0 bridgehead atoms. The summed E-state index contributed by atoms with van der Waals surface area (Å²) in [5.74, 6) is 0.633. The van der Waals surface area contributed by atoms with Gasteiger partial charge in [0.15, 0.2) is 5.13 Å². The third-order valence-corrected chi connectivity index (χ3v) is 2.92. The van der Waals surface area contributed by atoms with Crippen molar-refractivity contribution in [3.05, 3.63) is 11.1 Å². The summed E-state index contributed by atoms with van der Waals surface area (Å²) >= 11 is 1.69. The van der Waals surface area contributed by atoms with Crippen LogP contribution in [0.2, 0.25) is 0 Å². The normalized spacial score (nSPS) is 12.8. The van der Waals surface area contributed by atoms with Gasteiger partial charge in [-0.25, -0.2) is 4.98 Å².